The molecule has 2 heterocycles. The monoisotopic (exact) mass is 269 g/mol. The normalized spacial score (nSPS) is 23.6. The molecule has 0 saturated carbocycles. The van der Waals surface area contributed by atoms with Crippen molar-refractivity contribution < 1.29 is 9.90 Å². The summed E-state index contributed by atoms with van der Waals surface area (Å²) in [5, 5.41) is 17.1. The number of aromatic amines is 1. The molecule has 0 aromatic carbocycles. The predicted molar refractivity (Wildman–Crippen MR) is 71.5 cm³/mol. The van der Waals surface area contributed by atoms with Crippen LogP contribution in [0.4, 0.5) is 0 Å². The van der Waals surface area contributed by atoms with Gasteiger partial charge < -0.3 is 10.0 Å². The minimum Gasteiger partial charge on any atom is -0.391 e. The Morgan fingerprint density at radius 3 is 3.06 bits per heavy atom. The third-order valence-corrected chi connectivity index (χ3v) is 3.79. The topological polar surface area (TPSA) is 69.2 Å². The van der Waals surface area contributed by atoms with Crippen LogP contribution in [0.3, 0.4) is 0 Å². The van der Waals surface area contributed by atoms with Crippen molar-refractivity contribution in [2.24, 2.45) is 5.92 Å². The second-order valence-electron chi connectivity index (χ2n) is 4.81. The Balaban J connectivity index is 1.93. The van der Waals surface area contributed by atoms with Gasteiger partial charge in [0.05, 0.1) is 17.6 Å². The molecular formula is C12H19N3O2S. The molecule has 0 bridgehead atoms. The smallest absolute Gasteiger partial charge is 0.232 e. The maximum Gasteiger partial charge on any atom is 0.232 e. The minimum absolute atomic E-state index is 0.0958. The summed E-state index contributed by atoms with van der Waals surface area (Å²) in [6, 6.07) is 1.99. The van der Waals surface area contributed by atoms with E-state index in [1.165, 1.54) is 11.8 Å². The third-order valence-electron chi connectivity index (χ3n) is 3.26. The second-order valence-corrected chi connectivity index (χ2v) is 5.67. The van der Waals surface area contributed by atoms with Crippen molar-refractivity contribution in [1.82, 2.24) is 15.1 Å². The van der Waals surface area contributed by atoms with Crippen LogP contribution in [0.15, 0.2) is 6.07 Å². The lowest BCUT2D eigenvalue weighted by Crippen LogP contribution is -2.31. The number of nitrogens with zero attached hydrogens (tertiary/aromatic N) is 2. The number of aliphatic hydroxyl groups excluding tert-OH is 1. The van der Waals surface area contributed by atoms with Crippen LogP contribution in [0.2, 0.25) is 0 Å². The molecule has 2 atom stereocenters. The lowest BCUT2D eigenvalue weighted by Gasteiger charge is -2.14. The summed E-state index contributed by atoms with van der Waals surface area (Å²) >= 11 is 1.52. The zero-order chi connectivity index (χ0) is 13.1. The molecule has 1 aromatic rings. The van der Waals surface area contributed by atoms with Crippen molar-refractivity contribution in [3.63, 3.8) is 0 Å². The largest absolute Gasteiger partial charge is 0.391 e. The van der Waals surface area contributed by atoms with Gasteiger partial charge in [0.25, 0.3) is 0 Å². The highest BCUT2D eigenvalue weighted by Gasteiger charge is 2.33. The van der Waals surface area contributed by atoms with E-state index in [0.29, 0.717) is 25.3 Å². The van der Waals surface area contributed by atoms with Crippen molar-refractivity contribution in [1.29, 1.82) is 0 Å². The Bertz CT molecular complexity index is 421. The SMILES string of the molecule is CSCC(=O)N1C[C@@H](Cc2cc(C)[nH]n2)[C@H](O)C1. The van der Waals surface area contributed by atoms with Gasteiger partial charge in [0, 0.05) is 24.7 Å². The van der Waals surface area contributed by atoms with Crippen LogP contribution in [0, 0.1) is 12.8 Å². The molecule has 5 nitrogen and oxygen atoms in total. The number of likely N-dealkylation sites (tertiary alicyclic amines) is 1. The van der Waals surface area contributed by atoms with Gasteiger partial charge in [0.15, 0.2) is 0 Å². The van der Waals surface area contributed by atoms with E-state index in [9.17, 15) is 9.90 Å². The fourth-order valence-electron chi connectivity index (χ4n) is 2.32. The quantitative estimate of drug-likeness (QED) is 0.832. The van der Waals surface area contributed by atoms with E-state index in [0.717, 1.165) is 11.4 Å². The van der Waals surface area contributed by atoms with E-state index in [1.54, 1.807) is 4.90 Å². The summed E-state index contributed by atoms with van der Waals surface area (Å²) in [5.41, 5.74) is 1.98. The zero-order valence-electron chi connectivity index (χ0n) is 10.7. The van der Waals surface area contributed by atoms with E-state index in [4.69, 9.17) is 0 Å². The van der Waals surface area contributed by atoms with Gasteiger partial charge >= 0.3 is 0 Å². The zero-order valence-corrected chi connectivity index (χ0v) is 11.5. The van der Waals surface area contributed by atoms with Gasteiger partial charge in [0.1, 0.15) is 0 Å². The molecule has 1 aliphatic rings. The molecule has 1 aliphatic heterocycles. The maximum absolute atomic E-state index is 11.8. The van der Waals surface area contributed by atoms with Crippen LogP contribution >= 0.6 is 11.8 Å². The number of aromatic nitrogens is 2. The highest BCUT2D eigenvalue weighted by Crippen LogP contribution is 2.21. The summed E-state index contributed by atoms with van der Waals surface area (Å²) in [6.45, 7) is 3.04. The molecule has 1 amide bonds. The van der Waals surface area contributed by atoms with Crippen molar-refractivity contribution in [3.05, 3.63) is 17.5 Å². The molecule has 1 saturated heterocycles. The first-order chi connectivity index (χ1) is 8.60. The number of H-pyrrole nitrogens is 1. The molecule has 2 rings (SSSR count). The Hall–Kier alpha value is -1.01. The number of hydrogen-bond donors (Lipinski definition) is 2. The number of rotatable bonds is 4. The van der Waals surface area contributed by atoms with Crippen molar-refractivity contribution in [2.45, 2.75) is 19.4 Å². The van der Waals surface area contributed by atoms with Crippen LogP contribution in [0.5, 0.6) is 0 Å². The van der Waals surface area contributed by atoms with Gasteiger partial charge in [-0.25, -0.2) is 0 Å². The molecule has 0 aliphatic carbocycles. The number of carbonyl (C=O) groups excluding carboxylic acids is 1. The van der Waals surface area contributed by atoms with Crippen molar-refractivity contribution >= 4 is 17.7 Å². The van der Waals surface area contributed by atoms with E-state index in [-0.39, 0.29) is 11.8 Å². The van der Waals surface area contributed by atoms with E-state index in [1.807, 2.05) is 19.2 Å². The summed E-state index contributed by atoms with van der Waals surface area (Å²) in [5.74, 6) is 0.696. The molecule has 6 heteroatoms. The third kappa shape index (κ3) is 3.05. The number of carbonyl (C=O) groups is 1. The van der Waals surface area contributed by atoms with Gasteiger partial charge in [0.2, 0.25) is 5.91 Å². The van der Waals surface area contributed by atoms with Gasteiger partial charge in [-0.3, -0.25) is 9.89 Å². The van der Waals surface area contributed by atoms with Gasteiger partial charge in [-0.1, -0.05) is 0 Å². The van der Waals surface area contributed by atoms with Gasteiger partial charge in [-0.2, -0.15) is 16.9 Å². The molecule has 1 fully saturated rings. The highest BCUT2D eigenvalue weighted by atomic mass is 32.2. The Labute approximate surface area is 111 Å². The second kappa shape index (κ2) is 5.75. The van der Waals surface area contributed by atoms with Gasteiger partial charge in [-0.05, 0) is 25.7 Å². The van der Waals surface area contributed by atoms with Crippen LogP contribution in [-0.4, -0.2) is 57.3 Å². The molecule has 0 radical (unpaired) electrons. The fourth-order valence-corrected chi connectivity index (χ4v) is 2.75. The average molecular weight is 269 g/mol. The number of amides is 1. The molecule has 100 valence electrons. The summed E-state index contributed by atoms with van der Waals surface area (Å²) < 4.78 is 0. The number of thioether (sulfide) groups is 1. The Morgan fingerprint density at radius 2 is 2.44 bits per heavy atom. The van der Waals surface area contributed by atoms with Gasteiger partial charge in [-0.15, -0.1) is 0 Å². The number of hydrogen-bond acceptors (Lipinski definition) is 4. The lowest BCUT2D eigenvalue weighted by atomic mass is 10.0. The van der Waals surface area contributed by atoms with Crippen molar-refractivity contribution in [3.8, 4) is 0 Å². The molecule has 1 aromatic heterocycles. The maximum atomic E-state index is 11.8. The Kier molecular flexibility index (Phi) is 4.29. The molecule has 0 spiro atoms. The Morgan fingerprint density at radius 1 is 1.67 bits per heavy atom. The average Bonchev–Trinajstić information content (AvgIpc) is 2.87. The number of β-amino-alcohol motifs (C(OH)–C–C–N with tert-alkyl or cyclic N) is 1. The molecule has 2 N–H and O–H groups in total. The number of nitrogens with one attached hydrogen (secondary N) is 1. The lowest BCUT2D eigenvalue weighted by molar-refractivity contribution is -0.127. The number of aryl methyl sites for hydroxylation is 1. The van der Waals surface area contributed by atoms with Crippen LogP contribution in [0.25, 0.3) is 0 Å². The van der Waals surface area contributed by atoms with Crippen LogP contribution in [-0.2, 0) is 11.2 Å². The number of aliphatic hydroxyl groups is 1. The van der Waals surface area contributed by atoms with Crippen LogP contribution in [0.1, 0.15) is 11.4 Å². The highest BCUT2D eigenvalue weighted by molar-refractivity contribution is 7.99. The van der Waals surface area contributed by atoms with E-state index >= 15 is 0 Å². The molecular weight excluding hydrogens is 250 g/mol. The molecule has 18 heavy (non-hydrogen) atoms. The first-order valence-corrected chi connectivity index (χ1v) is 7.45. The fraction of sp³-hybridized carbons (Fsp3) is 0.667. The summed E-state index contributed by atoms with van der Waals surface area (Å²) in [6.07, 6.45) is 2.19. The van der Waals surface area contributed by atoms with Crippen molar-refractivity contribution in [2.75, 3.05) is 25.1 Å². The summed E-state index contributed by atoms with van der Waals surface area (Å²) in [4.78, 5) is 13.5. The summed E-state index contributed by atoms with van der Waals surface area (Å²) in [7, 11) is 0. The van der Waals surface area contributed by atoms with E-state index < -0.39 is 6.10 Å². The first-order valence-electron chi connectivity index (χ1n) is 6.06. The van der Waals surface area contributed by atoms with E-state index in [2.05, 4.69) is 10.2 Å². The minimum atomic E-state index is -0.437. The standard InChI is InChI=1S/C12H19N3O2S/c1-8-3-10(14-13-8)4-9-5-15(6-11(9)16)12(17)7-18-2/h3,9,11,16H,4-7H2,1-2H3,(H,13,14)/t9-,11-/m1/s1. The van der Waals surface area contributed by atoms with Crippen LogP contribution < -0.4 is 0 Å². The predicted octanol–water partition coefficient (Wildman–Crippen LogP) is 0.443. The first kappa shape index (κ1) is 13.4. The molecule has 0 unspecified atom stereocenters.